The van der Waals surface area contributed by atoms with E-state index in [2.05, 4.69) is 32.5 Å². The number of hydrazone groups is 1. The van der Waals surface area contributed by atoms with Gasteiger partial charge in [-0.1, -0.05) is 35.9 Å². The van der Waals surface area contributed by atoms with Crippen LogP contribution >= 0.6 is 15.9 Å². The number of rotatable bonds is 3. The third-order valence-electron chi connectivity index (χ3n) is 2.91. The van der Waals surface area contributed by atoms with Crippen LogP contribution in [-0.4, -0.2) is 12.1 Å². The zero-order valence-corrected chi connectivity index (χ0v) is 12.9. The molecule has 0 heterocycles. The minimum atomic E-state index is -0.238. The number of hydrogen-bond acceptors (Lipinski definition) is 2. The normalized spacial score (nSPS) is 10.8. The molecular weight excluding hydrogens is 316 g/mol. The van der Waals surface area contributed by atoms with Crippen LogP contribution in [0.1, 0.15) is 27.0 Å². The van der Waals surface area contributed by atoms with E-state index in [4.69, 9.17) is 0 Å². The highest BCUT2D eigenvalue weighted by molar-refractivity contribution is 9.10. The number of aryl methyl sites for hydroxylation is 2. The molecule has 2 rings (SSSR count). The third kappa shape index (κ3) is 3.54. The molecule has 0 fully saturated rings. The van der Waals surface area contributed by atoms with Crippen LogP contribution < -0.4 is 5.43 Å². The number of carbonyl (C=O) groups excluding carboxylic acids is 1. The summed E-state index contributed by atoms with van der Waals surface area (Å²) in [6, 6.07) is 13.3. The summed E-state index contributed by atoms with van der Waals surface area (Å²) in [4.78, 5) is 11.9. The number of halogens is 1. The topological polar surface area (TPSA) is 41.5 Å². The molecular formula is C16H15BrN2O. The van der Waals surface area contributed by atoms with Gasteiger partial charge in [0.15, 0.2) is 0 Å². The fourth-order valence-electron chi connectivity index (χ4n) is 1.84. The van der Waals surface area contributed by atoms with Crippen LogP contribution in [0.15, 0.2) is 52.0 Å². The van der Waals surface area contributed by atoms with Crippen molar-refractivity contribution in [3.8, 4) is 0 Å². The summed E-state index contributed by atoms with van der Waals surface area (Å²) in [5, 5.41) is 4.00. The molecule has 20 heavy (non-hydrogen) atoms. The van der Waals surface area contributed by atoms with E-state index >= 15 is 0 Å². The van der Waals surface area contributed by atoms with Crippen LogP contribution in [0.3, 0.4) is 0 Å². The van der Waals surface area contributed by atoms with Gasteiger partial charge >= 0.3 is 0 Å². The van der Waals surface area contributed by atoms with Crippen molar-refractivity contribution < 1.29 is 4.79 Å². The van der Waals surface area contributed by atoms with E-state index in [-0.39, 0.29) is 5.91 Å². The summed E-state index contributed by atoms with van der Waals surface area (Å²) in [6.45, 7) is 4.06. The van der Waals surface area contributed by atoms with E-state index in [0.29, 0.717) is 5.56 Å². The molecule has 0 atom stereocenters. The highest BCUT2D eigenvalue weighted by Crippen LogP contribution is 2.15. The molecule has 0 radical (unpaired) electrons. The summed E-state index contributed by atoms with van der Waals surface area (Å²) in [6.07, 6.45) is 1.66. The van der Waals surface area contributed by atoms with Crippen LogP contribution in [0.5, 0.6) is 0 Å². The average molecular weight is 331 g/mol. The minimum Gasteiger partial charge on any atom is -0.267 e. The smallest absolute Gasteiger partial charge is 0.267 e. The fraction of sp³-hybridized carbons (Fsp3) is 0.125. The Morgan fingerprint density at radius 2 is 1.95 bits per heavy atom. The highest BCUT2D eigenvalue weighted by Gasteiger charge is 2.07. The fourth-order valence-corrected chi connectivity index (χ4v) is 2.30. The number of amides is 1. The number of benzene rings is 2. The van der Waals surface area contributed by atoms with Crippen molar-refractivity contribution in [1.29, 1.82) is 0 Å². The van der Waals surface area contributed by atoms with Gasteiger partial charge in [0.05, 0.1) is 11.8 Å². The molecule has 0 aliphatic carbocycles. The van der Waals surface area contributed by atoms with Crippen molar-refractivity contribution in [1.82, 2.24) is 5.43 Å². The van der Waals surface area contributed by atoms with Crippen LogP contribution in [-0.2, 0) is 0 Å². The Hall–Kier alpha value is -1.94. The van der Waals surface area contributed by atoms with Gasteiger partial charge in [0.1, 0.15) is 0 Å². The molecule has 0 unspecified atom stereocenters. The Balaban J connectivity index is 2.07. The molecule has 0 saturated carbocycles. The molecule has 2 aromatic rings. The second kappa shape index (κ2) is 6.48. The molecule has 0 bridgehead atoms. The second-order valence-corrected chi connectivity index (χ2v) is 5.39. The quantitative estimate of drug-likeness (QED) is 0.674. The van der Waals surface area contributed by atoms with Gasteiger partial charge in [-0.05, 0) is 53.0 Å². The summed E-state index contributed by atoms with van der Waals surface area (Å²) >= 11 is 3.34. The van der Waals surface area contributed by atoms with Crippen LogP contribution in [0.25, 0.3) is 0 Å². The van der Waals surface area contributed by atoms with Crippen LogP contribution in [0, 0.1) is 13.8 Å². The van der Waals surface area contributed by atoms with Gasteiger partial charge in [-0.15, -0.1) is 0 Å². The molecule has 0 aromatic heterocycles. The first kappa shape index (κ1) is 14.5. The van der Waals surface area contributed by atoms with E-state index in [1.165, 1.54) is 5.56 Å². The van der Waals surface area contributed by atoms with E-state index in [1.807, 2.05) is 44.2 Å². The molecule has 2 aromatic carbocycles. The third-order valence-corrected chi connectivity index (χ3v) is 3.61. The number of hydrogen-bond donors (Lipinski definition) is 1. The molecule has 1 N–H and O–H groups in total. The van der Waals surface area contributed by atoms with E-state index in [9.17, 15) is 4.79 Å². The Kier molecular flexibility index (Phi) is 4.69. The van der Waals surface area contributed by atoms with Crippen molar-refractivity contribution in [2.24, 2.45) is 5.10 Å². The van der Waals surface area contributed by atoms with E-state index in [1.54, 1.807) is 12.3 Å². The average Bonchev–Trinajstić information content (AvgIpc) is 2.41. The van der Waals surface area contributed by atoms with Crippen molar-refractivity contribution in [2.45, 2.75) is 13.8 Å². The zero-order valence-electron chi connectivity index (χ0n) is 11.4. The maximum absolute atomic E-state index is 11.9. The molecule has 0 saturated heterocycles. The van der Waals surface area contributed by atoms with Gasteiger partial charge in [0.25, 0.3) is 5.91 Å². The summed E-state index contributed by atoms with van der Waals surface area (Å²) < 4.78 is 0.749. The molecule has 0 aliphatic heterocycles. The van der Waals surface area contributed by atoms with E-state index in [0.717, 1.165) is 15.6 Å². The summed E-state index contributed by atoms with van der Waals surface area (Å²) in [5.41, 5.74) is 6.41. The molecule has 0 aliphatic rings. The Morgan fingerprint density at radius 3 is 2.65 bits per heavy atom. The first-order valence-electron chi connectivity index (χ1n) is 6.23. The first-order chi connectivity index (χ1) is 9.58. The van der Waals surface area contributed by atoms with Crippen molar-refractivity contribution in [3.63, 3.8) is 0 Å². The van der Waals surface area contributed by atoms with Gasteiger partial charge in [0.2, 0.25) is 0 Å². The highest BCUT2D eigenvalue weighted by atomic mass is 79.9. The number of carbonyl (C=O) groups is 1. The second-order valence-electron chi connectivity index (χ2n) is 4.54. The lowest BCUT2D eigenvalue weighted by atomic mass is 10.1. The Bertz CT molecular complexity index is 665. The summed E-state index contributed by atoms with van der Waals surface area (Å²) in [7, 11) is 0. The van der Waals surface area contributed by atoms with Crippen molar-refractivity contribution in [3.05, 3.63) is 69.2 Å². The Morgan fingerprint density at radius 1 is 1.20 bits per heavy atom. The standard InChI is InChI=1S/C16H15BrN2O/c1-11-7-8-13(12(2)9-11)10-18-19-16(20)14-5-3-4-6-15(14)17/h3-10H,1-2H3,(H,19,20)/b18-10+. The Labute approximate surface area is 126 Å². The maximum Gasteiger partial charge on any atom is 0.272 e. The lowest BCUT2D eigenvalue weighted by Crippen LogP contribution is -2.18. The monoisotopic (exact) mass is 330 g/mol. The first-order valence-corrected chi connectivity index (χ1v) is 7.02. The van der Waals surface area contributed by atoms with Crippen LogP contribution in [0.4, 0.5) is 0 Å². The SMILES string of the molecule is Cc1ccc(/C=N/NC(=O)c2ccccc2Br)c(C)c1. The molecule has 3 nitrogen and oxygen atoms in total. The lowest BCUT2D eigenvalue weighted by molar-refractivity contribution is 0.0954. The van der Waals surface area contributed by atoms with Gasteiger partial charge in [-0.25, -0.2) is 5.43 Å². The van der Waals surface area contributed by atoms with Gasteiger partial charge < -0.3 is 0 Å². The predicted octanol–water partition coefficient (Wildman–Crippen LogP) is 3.83. The lowest BCUT2D eigenvalue weighted by Gasteiger charge is -2.03. The molecule has 0 spiro atoms. The largest absolute Gasteiger partial charge is 0.272 e. The number of nitrogens with zero attached hydrogens (tertiary/aromatic N) is 1. The molecule has 102 valence electrons. The zero-order chi connectivity index (χ0) is 14.5. The molecule has 4 heteroatoms. The van der Waals surface area contributed by atoms with Gasteiger partial charge in [-0.2, -0.15) is 5.10 Å². The van der Waals surface area contributed by atoms with Crippen LogP contribution in [0.2, 0.25) is 0 Å². The van der Waals surface area contributed by atoms with Crippen molar-refractivity contribution >= 4 is 28.1 Å². The van der Waals surface area contributed by atoms with Gasteiger partial charge in [0, 0.05) is 4.47 Å². The predicted molar refractivity (Wildman–Crippen MR) is 85.1 cm³/mol. The van der Waals surface area contributed by atoms with Gasteiger partial charge in [-0.3, -0.25) is 4.79 Å². The van der Waals surface area contributed by atoms with E-state index < -0.39 is 0 Å². The minimum absolute atomic E-state index is 0.238. The maximum atomic E-state index is 11.9. The number of nitrogens with one attached hydrogen (secondary N) is 1. The summed E-state index contributed by atoms with van der Waals surface area (Å²) in [5.74, 6) is -0.238. The van der Waals surface area contributed by atoms with Crippen molar-refractivity contribution in [2.75, 3.05) is 0 Å². The molecule has 1 amide bonds.